The van der Waals surface area contributed by atoms with E-state index in [4.69, 9.17) is 0 Å². The van der Waals surface area contributed by atoms with Gasteiger partial charge in [0.25, 0.3) is 0 Å². The van der Waals surface area contributed by atoms with Gasteiger partial charge in [0.15, 0.2) is 5.78 Å². The van der Waals surface area contributed by atoms with E-state index in [1.54, 1.807) is 0 Å². The number of rotatable bonds is 1. The van der Waals surface area contributed by atoms with Gasteiger partial charge < -0.3 is 0 Å². The number of fused-ring (bicyclic) bond motifs is 5. The number of hydrogen-bond donors (Lipinski definition) is 0. The molecule has 3 heteroatoms. The van der Waals surface area contributed by atoms with Crippen LogP contribution in [0.25, 0.3) is 0 Å². The zero-order valence-electron chi connectivity index (χ0n) is 16.3. The number of carbonyl (C=O) groups is 3. The summed E-state index contributed by atoms with van der Waals surface area (Å²) in [6.07, 6.45) is 6.91. The van der Waals surface area contributed by atoms with Crippen molar-refractivity contribution in [2.75, 3.05) is 0 Å². The number of carbonyl (C=O) groups excluding carboxylic acids is 3. The first-order valence-electron chi connectivity index (χ1n) is 10.4. The Morgan fingerprint density at radius 2 is 1.85 bits per heavy atom. The summed E-state index contributed by atoms with van der Waals surface area (Å²) >= 11 is 0. The topological polar surface area (TPSA) is 51.2 Å². The van der Waals surface area contributed by atoms with Gasteiger partial charge in [-0.2, -0.15) is 0 Å². The lowest BCUT2D eigenvalue weighted by Gasteiger charge is -2.59. The second-order valence-electron chi connectivity index (χ2n) is 9.42. The van der Waals surface area contributed by atoms with Gasteiger partial charge in [-0.25, -0.2) is 0 Å². The van der Waals surface area contributed by atoms with E-state index in [9.17, 15) is 14.4 Å². The number of ketones is 3. The Balaban J connectivity index is 1.70. The lowest BCUT2D eigenvalue weighted by Crippen LogP contribution is -2.56. The molecule has 1 unspecified atom stereocenters. The van der Waals surface area contributed by atoms with Crippen LogP contribution in [0, 0.1) is 52.3 Å². The molecular formula is C23H30O3. The Morgan fingerprint density at radius 3 is 2.54 bits per heavy atom. The number of hydrogen-bond acceptors (Lipinski definition) is 3. The van der Waals surface area contributed by atoms with Gasteiger partial charge in [-0.3, -0.25) is 14.4 Å². The molecule has 4 fully saturated rings. The predicted molar refractivity (Wildman–Crippen MR) is 99.1 cm³/mol. The van der Waals surface area contributed by atoms with Crippen LogP contribution in [0.2, 0.25) is 0 Å². The summed E-state index contributed by atoms with van der Waals surface area (Å²) in [5.41, 5.74) is -0.00959. The van der Waals surface area contributed by atoms with Gasteiger partial charge in [0.05, 0.1) is 5.92 Å². The van der Waals surface area contributed by atoms with Crippen molar-refractivity contribution in [2.45, 2.75) is 72.1 Å². The second-order valence-corrected chi connectivity index (χ2v) is 9.42. The Labute approximate surface area is 156 Å². The molecule has 7 atom stereocenters. The number of Topliss-reactive ketones (excluding diaryl/α,β-unsaturated/α-hetero) is 3. The van der Waals surface area contributed by atoms with Crippen LogP contribution < -0.4 is 0 Å². The highest BCUT2D eigenvalue weighted by molar-refractivity contribution is 6.38. The third-order valence-electron chi connectivity index (χ3n) is 8.87. The third-order valence-corrected chi connectivity index (χ3v) is 8.87. The van der Waals surface area contributed by atoms with Crippen LogP contribution in [0.5, 0.6) is 0 Å². The standard InChI is InChI=1S/C23H30O3/c1-4-6-16-20(25)13-18-14-7-8-17-21(26)19(24)10-11-22(17,3)15(14)9-12-23(16,18)5-2/h14-18H,5,7-13H2,1-3H3/t14-,15+,16+,17?,18+,22-,23-/m1/s1. The molecule has 26 heavy (non-hydrogen) atoms. The molecule has 3 nitrogen and oxygen atoms in total. The molecule has 4 aliphatic rings. The Bertz CT molecular complexity index is 725. The van der Waals surface area contributed by atoms with Crippen LogP contribution in [0.3, 0.4) is 0 Å². The molecule has 0 saturated heterocycles. The van der Waals surface area contributed by atoms with Gasteiger partial charge in [0.1, 0.15) is 5.78 Å². The van der Waals surface area contributed by atoms with Gasteiger partial charge in [-0.1, -0.05) is 19.8 Å². The zero-order valence-corrected chi connectivity index (χ0v) is 16.3. The molecular weight excluding hydrogens is 324 g/mol. The van der Waals surface area contributed by atoms with Crippen molar-refractivity contribution < 1.29 is 14.4 Å². The van der Waals surface area contributed by atoms with E-state index in [1.165, 1.54) is 0 Å². The summed E-state index contributed by atoms with van der Waals surface area (Å²) in [6.45, 7) is 6.33. The summed E-state index contributed by atoms with van der Waals surface area (Å²) in [5, 5.41) is 0. The quantitative estimate of drug-likeness (QED) is 0.528. The highest BCUT2D eigenvalue weighted by atomic mass is 16.2. The fraction of sp³-hybridized carbons (Fsp3) is 0.783. The van der Waals surface area contributed by atoms with Crippen molar-refractivity contribution in [3.63, 3.8) is 0 Å². The molecule has 0 heterocycles. The minimum Gasteiger partial charge on any atom is -0.298 e. The minimum atomic E-state index is -0.154. The van der Waals surface area contributed by atoms with Crippen molar-refractivity contribution >= 4 is 17.3 Å². The zero-order chi connectivity index (χ0) is 18.7. The first kappa shape index (κ1) is 18.0. The van der Waals surface area contributed by atoms with Gasteiger partial charge >= 0.3 is 0 Å². The SMILES string of the molecule is CC#C[C@H]1C(=O)C[C@H]2[C@@H]3CCC4C(=O)C(=O)CC[C@]4(C)[C@H]3CC[C@]12CC. The molecule has 4 saturated carbocycles. The Kier molecular flexibility index (Phi) is 4.17. The largest absolute Gasteiger partial charge is 0.298 e. The van der Waals surface area contributed by atoms with Crippen LogP contribution in [0.15, 0.2) is 0 Å². The van der Waals surface area contributed by atoms with E-state index in [-0.39, 0.29) is 34.2 Å². The first-order valence-corrected chi connectivity index (χ1v) is 10.4. The summed E-state index contributed by atoms with van der Waals surface area (Å²) < 4.78 is 0. The lowest BCUT2D eigenvalue weighted by atomic mass is 9.44. The predicted octanol–water partition coefficient (Wildman–Crippen LogP) is 3.99. The van der Waals surface area contributed by atoms with Crippen molar-refractivity contribution in [2.24, 2.45) is 40.4 Å². The van der Waals surface area contributed by atoms with Crippen LogP contribution in [0.1, 0.15) is 72.1 Å². The fourth-order valence-corrected chi connectivity index (χ4v) is 7.57. The molecule has 0 aliphatic heterocycles. The molecule has 0 bridgehead atoms. The smallest absolute Gasteiger partial charge is 0.201 e. The van der Waals surface area contributed by atoms with Gasteiger partial charge in [-0.15, -0.1) is 5.92 Å². The average molecular weight is 354 g/mol. The highest BCUT2D eigenvalue weighted by Gasteiger charge is 2.64. The maximum absolute atomic E-state index is 12.8. The molecule has 0 spiro atoms. The van der Waals surface area contributed by atoms with Gasteiger partial charge in [-0.05, 0) is 74.0 Å². The highest BCUT2D eigenvalue weighted by Crippen LogP contribution is 2.67. The van der Waals surface area contributed by atoms with E-state index in [0.717, 1.165) is 38.5 Å². The van der Waals surface area contributed by atoms with E-state index in [1.807, 2.05) is 6.92 Å². The van der Waals surface area contributed by atoms with E-state index in [2.05, 4.69) is 25.7 Å². The van der Waals surface area contributed by atoms with E-state index in [0.29, 0.717) is 36.4 Å². The van der Waals surface area contributed by atoms with Crippen molar-refractivity contribution in [1.29, 1.82) is 0 Å². The molecule has 0 aromatic heterocycles. The molecule has 4 aliphatic carbocycles. The molecule has 0 radical (unpaired) electrons. The van der Waals surface area contributed by atoms with Gasteiger partial charge in [0, 0.05) is 18.8 Å². The van der Waals surface area contributed by atoms with Crippen LogP contribution in [-0.4, -0.2) is 17.3 Å². The van der Waals surface area contributed by atoms with Crippen molar-refractivity contribution in [1.82, 2.24) is 0 Å². The normalized spacial score (nSPS) is 47.5. The van der Waals surface area contributed by atoms with Crippen LogP contribution >= 0.6 is 0 Å². The molecule has 0 N–H and O–H groups in total. The summed E-state index contributed by atoms with van der Waals surface area (Å²) in [4.78, 5) is 37.4. The molecule has 140 valence electrons. The monoisotopic (exact) mass is 354 g/mol. The Morgan fingerprint density at radius 1 is 1.08 bits per heavy atom. The summed E-state index contributed by atoms with van der Waals surface area (Å²) in [6, 6.07) is 0. The van der Waals surface area contributed by atoms with Crippen LogP contribution in [0.4, 0.5) is 0 Å². The van der Waals surface area contributed by atoms with E-state index >= 15 is 0 Å². The fourth-order valence-electron chi connectivity index (χ4n) is 7.57. The van der Waals surface area contributed by atoms with Crippen molar-refractivity contribution in [3.8, 4) is 11.8 Å². The Hall–Kier alpha value is -1.43. The molecule has 0 aromatic carbocycles. The molecule has 0 amide bonds. The van der Waals surface area contributed by atoms with Gasteiger partial charge in [0.2, 0.25) is 5.78 Å². The maximum atomic E-state index is 12.8. The summed E-state index contributed by atoms with van der Waals surface area (Å²) in [7, 11) is 0. The van der Waals surface area contributed by atoms with E-state index < -0.39 is 0 Å². The third kappa shape index (κ3) is 2.17. The van der Waals surface area contributed by atoms with Crippen molar-refractivity contribution in [3.05, 3.63) is 0 Å². The van der Waals surface area contributed by atoms with Crippen LogP contribution in [-0.2, 0) is 14.4 Å². The minimum absolute atomic E-state index is 0.0406. The second kappa shape index (κ2) is 6.04. The average Bonchev–Trinajstić information content (AvgIpc) is 2.92. The maximum Gasteiger partial charge on any atom is 0.201 e. The molecule has 4 rings (SSSR count). The first-order chi connectivity index (χ1) is 12.4. The lowest BCUT2D eigenvalue weighted by molar-refractivity contribution is -0.158. The summed E-state index contributed by atoms with van der Waals surface area (Å²) in [5.74, 6) is 7.58. The molecule has 0 aromatic rings.